The molecule has 3 fully saturated rings. The lowest BCUT2D eigenvalue weighted by Gasteiger charge is -2.34. The predicted octanol–water partition coefficient (Wildman–Crippen LogP) is 4.17. The third-order valence-corrected chi connectivity index (χ3v) is 9.86. The van der Waals surface area contributed by atoms with Crippen molar-refractivity contribution in [1.82, 2.24) is 24.8 Å². The maximum absolute atomic E-state index is 13.5. The normalized spacial score (nSPS) is 25.5. The van der Waals surface area contributed by atoms with Gasteiger partial charge in [-0.15, -0.1) is 0 Å². The van der Waals surface area contributed by atoms with Gasteiger partial charge >= 0.3 is 6.18 Å². The second kappa shape index (κ2) is 11.6. The average Bonchev–Trinajstić information content (AvgIpc) is 3.32. The Morgan fingerprint density at radius 2 is 1.98 bits per heavy atom. The lowest BCUT2D eigenvalue weighted by molar-refractivity contribution is -0.192. The molecule has 43 heavy (non-hydrogen) atoms. The molecule has 2 unspecified atom stereocenters. The van der Waals surface area contributed by atoms with Gasteiger partial charge in [0.05, 0.1) is 11.0 Å². The van der Waals surface area contributed by atoms with E-state index in [4.69, 9.17) is 9.72 Å². The molecule has 2 aromatic heterocycles. The number of aryl methyl sites for hydroxylation is 1. The first-order valence-corrected chi connectivity index (χ1v) is 15.8. The summed E-state index contributed by atoms with van der Waals surface area (Å²) in [4.78, 5) is 35.4. The van der Waals surface area contributed by atoms with E-state index in [1.807, 2.05) is 16.9 Å². The van der Waals surface area contributed by atoms with Gasteiger partial charge in [0.15, 0.2) is 0 Å². The zero-order valence-corrected chi connectivity index (χ0v) is 25.3. The van der Waals surface area contributed by atoms with Crippen LogP contribution in [0.15, 0.2) is 29.4 Å². The van der Waals surface area contributed by atoms with Crippen LogP contribution >= 0.6 is 11.9 Å². The summed E-state index contributed by atoms with van der Waals surface area (Å²) >= 11 is 1.14. The average molecular weight is 622 g/mol. The van der Waals surface area contributed by atoms with Crippen molar-refractivity contribution in [2.24, 2.45) is 11.3 Å². The third-order valence-electron chi connectivity index (χ3n) is 9.15. The minimum Gasteiger partial charge on any atom is -0.368 e. The van der Waals surface area contributed by atoms with Gasteiger partial charge in [0.1, 0.15) is 22.8 Å². The molecule has 2 amide bonds. The lowest BCUT2D eigenvalue weighted by Crippen LogP contribution is -2.41. The molecular formula is C29H38F3N7O3S. The topological polar surface area (TPSA) is 105 Å². The van der Waals surface area contributed by atoms with Gasteiger partial charge in [-0.25, -0.2) is 4.98 Å². The van der Waals surface area contributed by atoms with E-state index in [1.165, 1.54) is 4.90 Å². The smallest absolute Gasteiger partial charge is 0.368 e. The van der Waals surface area contributed by atoms with Crippen molar-refractivity contribution < 1.29 is 27.5 Å². The molecule has 2 saturated heterocycles. The number of pyridine rings is 1. The summed E-state index contributed by atoms with van der Waals surface area (Å²) in [7, 11) is 0. The number of hydrogen-bond acceptors (Lipinski definition) is 8. The van der Waals surface area contributed by atoms with E-state index < -0.39 is 17.7 Å². The highest BCUT2D eigenvalue weighted by Gasteiger charge is 2.62. The standard InChI is InChI=1S/C29H38F3N7O3S/c1-27(2)16-19-17-33-11-3-12-37-13-7-23(35-37)43-36-25(40)20-4-5-22(34-24(20)39(27)18-19)38-14-6-21(26(38)41)42-15-10-28(8-9-28)29(30,31)32/h4-5,7,13,19,21,33H,3,6,8-12,14-18H2,1-2H3,(H,36,40). The summed E-state index contributed by atoms with van der Waals surface area (Å²) < 4.78 is 50.4. The van der Waals surface area contributed by atoms with E-state index in [9.17, 15) is 22.8 Å². The fourth-order valence-electron chi connectivity index (χ4n) is 6.47. The Balaban J connectivity index is 1.22. The van der Waals surface area contributed by atoms with Crippen LogP contribution in [-0.2, 0) is 16.1 Å². The highest BCUT2D eigenvalue weighted by atomic mass is 32.2. The summed E-state index contributed by atoms with van der Waals surface area (Å²) in [5.41, 5.74) is -1.55. The summed E-state index contributed by atoms with van der Waals surface area (Å²) in [5, 5.41) is 8.77. The Morgan fingerprint density at radius 1 is 1.16 bits per heavy atom. The van der Waals surface area contributed by atoms with E-state index in [-0.39, 0.29) is 43.2 Å². The number of aromatic nitrogens is 3. The van der Waals surface area contributed by atoms with E-state index in [1.54, 1.807) is 12.1 Å². The van der Waals surface area contributed by atoms with Crippen molar-refractivity contribution in [2.75, 3.05) is 42.6 Å². The Hall–Kier alpha value is -2.84. The first-order valence-electron chi connectivity index (χ1n) is 15.0. The number of carbonyl (C=O) groups is 2. The third kappa shape index (κ3) is 6.23. The number of fused-ring (bicyclic) bond motifs is 6. The summed E-state index contributed by atoms with van der Waals surface area (Å²) in [6, 6.07) is 5.21. The molecule has 4 bridgehead atoms. The second-order valence-electron chi connectivity index (χ2n) is 12.7. The van der Waals surface area contributed by atoms with Gasteiger partial charge in [-0.2, -0.15) is 18.3 Å². The van der Waals surface area contributed by atoms with Crippen molar-refractivity contribution in [3.63, 3.8) is 0 Å². The van der Waals surface area contributed by atoms with Crippen molar-refractivity contribution in [1.29, 1.82) is 0 Å². The highest BCUT2D eigenvalue weighted by Crippen LogP contribution is 2.60. The zero-order chi connectivity index (χ0) is 30.4. The van der Waals surface area contributed by atoms with E-state index >= 15 is 0 Å². The predicted molar refractivity (Wildman–Crippen MR) is 156 cm³/mol. The van der Waals surface area contributed by atoms with Gasteiger partial charge in [0, 0.05) is 56.3 Å². The molecule has 2 aromatic rings. The van der Waals surface area contributed by atoms with Crippen LogP contribution in [0.3, 0.4) is 0 Å². The van der Waals surface area contributed by atoms with Gasteiger partial charge in [0.25, 0.3) is 11.8 Å². The van der Waals surface area contributed by atoms with Gasteiger partial charge in [-0.05, 0) is 83.2 Å². The van der Waals surface area contributed by atoms with E-state index in [2.05, 4.69) is 33.9 Å². The minimum absolute atomic E-state index is 0.114. The van der Waals surface area contributed by atoms with Gasteiger partial charge < -0.3 is 15.0 Å². The fourth-order valence-corrected chi connectivity index (χ4v) is 7.06. The monoisotopic (exact) mass is 621 g/mol. The number of hydrogen-bond donors (Lipinski definition) is 2. The SMILES string of the molecule is CC1(C)CC2CNCCCn3ccc(n3)SNC(=O)c3ccc(N4CCC(OCCC5(C(F)(F)F)CC5)C4=O)nc3N1C2. The van der Waals surface area contributed by atoms with Crippen molar-refractivity contribution >= 4 is 35.4 Å². The van der Waals surface area contributed by atoms with Crippen molar-refractivity contribution in [2.45, 2.75) is 81.8 Å². The molecule has 0 spiro atoms. The first kappa shape index (κ1) is 30.2. The number of halogens is 3. The molecule has 3 aliphatic heterocycles. The summed E-state index contributed by atoms with van der Waals surface area (Å²) in [6.45, 7) is 7.67. The Morgan fingerprint density at radius 3 is 2.74 bits per heavy atom. The Bertz CT molecular complexity index is 1360. The van der Waals surface area contributed by atoms with Crippen LogP contribution < -0.4 is 19.8 Å². The van der Waals surface area contributed by atoms with Crippen LogP contribution in [0.5, 0.6) is 0 Å². The molecule has 234 valence electrons. The lowest BCUT2D eigenvalue weighted by atomic mass is 9.96. The molecule has 6 rings (SSSR count). The number of nitrogens with one attached hydrogen (secondary N) is 2. The minimum atomic E-state index is -4.25. The number of rotatable bonds is 5. The van der Waals surface area contributed by atoms with Gasteiger partial charge in [-0.1, -0.05) is 0 Å². The Labute approximate surface area is 253 Å². The maximum Gasteiger partial charge on any atom is 0.394 e. The number of anilines is 2. The van der Waals surface area contributed by atoms with Crippen LogP contribution in [0.4, 0.5) is 24.8 Å². The number of nitrogens with zero attached hydrogens (tertiary/aromatic N) is 5. The largest absolute Gasteiger partial charge is 0.394 e. The number of ether oxygens (including phenoxy) is 1. The fraction of sp³-hybridized carbons (Fsp3) is 0.655. The number of alkyl halides is 3. The van der Waals surface area contributed by atoms with Crippen LogP contribution in [0.25, 0.3) is 0 Å². The summed E-state index contributed by atoms with van der Waals surface area (Å²) in [5.74, 6) is 0.600. The molecule has 0 aromatic carbocycles. The number of carbonyl (C=O) groups excluding carboxylic acids is 2. The highest BCUT2D eigenvalue weighted by molar-refractivity contribution is 7.97. The summed E-state index contributed by atoms with van der Waals surface area (Å²) in [6.07, 6.45) is -0.865. The van der Waals surface area contributed by atoms with Gasteiger partial charge in [-0.3, -0.25) is 23.9 Å². The Kier molecular flexibility index (Phi) is 8.14. The van der Waals surface area contributed by atoms with E-state index in [0.29, 0.717) is 47.7 Å². The molecule has 1 aliphatic carbocycles. The zero-order valence-electron chi connectivity index (χ0n) is 24.5. The maximum atomic E-state index is 13.5. The van der Waals surface area contributed by atoms with Crippen molar-refractivity contribution in [3.8, 4) is 0 Å². The molecule has 4 aliphatic rings. The molecular weight excluding hydrogens is 583 g/mol. The van der Waals surface area contributed by atoms with Crippen molar-refractivity contribution in [3.05, 3.63) is 30.0 Å². The second-order valence-corrected chi connectivity index (χ2v) is 13.5. The van der Waals surface area contributed by atoms with Crippen LogP contribution in [-0.4, -0.2) is 77.2 Å². The van der Waals surface area contributed by atoms with E-state index in [0.717, 1.165) is 44.4 Å². The quantitative estimate of drug-likeness (QED) is 0.480. The van der Waals surface area contributed by atoms with Gasteiger partial charge in [0.2, 0.25) is 0 Å². The molecule has 14 heteroatoms. The first-order chi connectivity index (χ1) is 20.5. The molecule has 0 radical (unpaired) electrons. The van der Waals surface area contributed by atoms with Crippen LogP contribution in [0.1, 0.15) is 62.7 Å². The number of amides is 2. The molecule has 5 heterocycles. The van der Waals surface area contributed by atoms with Crippen LogP contribution in [0.2, 0.25) is 0 Å². The van der Waals surface area contributed by atoms with Crippen LogP contribution in [0, 0.1) is 11.3 Å². The molecule has 10 nitrogen and oxygen atoms in total. The molecule has 1 saturated carbocycles. The molecule has 2 N–H and O–H groups in total. The molecule has 2 atom stereocenters.